The molecular formula is C14H23N3O3. The Morgan fingerprint density at radius 3 is 3.05 bits per heavy atom. The zero-order valence-corrected chi connectivity index (χ0v) is 12.0. The third kappa shape index (κ3) is 4.05. The van der Waals surface area contributed by atoms with Crippen LogP contribution in [0.3, 0.4) is 0 Å². The highest BCUT2D eigenvalue weighted by Gasteiger charge is 2.17. The summed E-state index contributed by atoms with van der Waals surface area (Å²) in [5.74, 6) is 0.665. The number of nitrogens with zero attached hydrogens (tertiary/aromatic N) is 3. The largest absolute Gasteiger partial charge is 0.394 e. The number of ether oxygens (including phenoxy) is 1. The Balaban J connectivity index is 1.96. The second-order valence-electron chi connectivity index (χ2n) is 5.30. The normalized spacial score (nSPS) is 19.3. The summed E-state index contributed by atoms with van der Waals surface area (Å²) in [5.41, 5.74) is 0.808. The van der Waals surface area contributed by atoms with E-state index in [2.05, 4.69) is 16.9 Å². The summed E-state index contributed by atoms with van der Waals surface area (Å²) in [6.07, 6.45) is 4.17. The minimum absolute atomic E-state index is 0.00555. The molecule has 0 aromatic carbocycles. The van der Waals surface area contributed by atoms with E-state index in [1.807, 2.05) is 0 Å². The maximum absolute atomic E-state index is 12.0. The number of hydrogen-bond donors (Lipinski definition) is 1. The summed E-state index contributed by atoms with van der Waals surface area (Å²) in [6.45, 7) is 5.30. The van der Waals surface area contributed by atoms with Crippen molar-refractivity contribution < 1.29 is 9.84 Å². The van der Waals surface area contributed by atoms with Crippen LogP contribution in [-0.2, 0) is 11.3 Å². The molecule has 0 spiro atoms. The fourth-order valence-electron chi connectivity index (χ4n) is 2.51. The fraction of sp³-hybridized carbons (Fsp3) is 0.714. The Bertz CT molecular complexity index is 475. The maximum atomic E-state index is 12.0. The Morgan fingerprint density at radius 2 is 2.35 bits per heavy atom. The number of aliphatic hydroxyl groups excluding tert-OH is 1. The van der Waals surface area contributed by atoms with E-state index in [-0.39, 0.29) is 12.2 Å². The number of aromatic nitrogens is 2. The van der Waals surface area contributed by atoms with Crippen molar-refractivity contribution in [2.45, 2.75) is 26.3 Å². The smallest absolute Gasteiger partial charge is 0.268 e. The van der Waals surface area contributed by atoms with Crippen LogP contribution in [0.15, 0.2) is 17.1 Å². The van der Waals surface area contributed by atoms with Gasteiger partial charge in [-0.15, -0.1) is 0 Å². The lowest BCUT2D eigenvalue weighted by atomic mass is 10.00. The van der Waals surface area contributed by atoms with Crippen LogP contribution in [0.1, 0.15) is 19.8 Å². The highest BCUT2D eigenvalue weighted by molar-refractivity contribution is 5.43. The molecule has 1 unspecified atom stereocenters. The molecule has 1 fully saturated rings. The number of hydrogen-bond acceptors (Lipinski definition) is 5. The van der Waals surface area contributed by atoms with Crippen LogP contribution in [0, 0.1) is 5.92 Å². The molecule has 0 aliphatic carbocycles. The van der Waals surface area contributed by atoms with E-state index in [9.17, 15) is 4.79 Å². The molecule has 1 saturated heterocycles. The van der Waals surface area contributed by atoms with Gasteiger partial charge in [0.2, 0.25) is 0 Å². The van der Waals surface area contributed by atoms with E-state index < -0.39 is 0 Å². The SMILES string of the molecule is CC1CCCN(c2cnn(CCOCCO)c(=O)c2)C1. The van der Waals surface area contributed by atoms with Crippen LogP contribution < -0.4 is 10.5 Å². The third-order valence-electron chi connectivity index (χ3n) is 3.56. The van der Waals surface area contributed by atoms with E-state index >= 15 is 0 Å². The Morgan fingerprint density at radius 1 is 1.50 bits per heavy atom. The van der Waals surface area contributed by atoms with Crippen molar-refractivity contribution >= 4 is 5.69 Å². The van der Waals surface area contributed by atoms with Crippen LogP contribution in [0.2, 0.25) is 0 Å². The van der Waals surface area contributed by atoms with Crippen LogP contribution in [-0.4, -0.2) is 47.8 Å². The topological polar surface area (TPSA) is 67.6 Å². The molecule has 2 heterocycles. The number of anilines is 1. The van der Waals surface area contributed by atoms with Gasteiger partial charge in [0.25, 0.3) is 5.56 Å². The second-order valence-corrected chi connectivity index (χ2v) is 5.30. The highest BCUT2D eigenvalue weighted by Crippen LogP contribution is 2.20. The van der Waals surface area contributed by atoms with Gasteiger partial charge >= 0.3 is 0 Å². The molecule has 6 heteroatoms. The van der Waals surface area contributed by atoms with Gasteiger partial charge in [0.1, 0.15) is 0 Å². The standard InChI is InChI=1S/C14H23N3O3/c1-12-3-2-4-16(11-12)13-9-14(19)17(15-10-13)5-7-20-8-6-18/h9-10,12,18H,2-8,11H2,1H3. The van der Waals surface area contributed by atoms with Gasteiger partial charge in [-0.2, -0.15) is 5.10 Å². The molecule has 112 valence electrons. The van der Waals surface area contributed by atoms with Crippen LogP contribution in [0.4, 0.5) is 5.69 Å². The predicted molar refractivity (Wildman–Crippen MR) is 77.0 cm³/mol. The van der Waals surface area contributed by atoms with Gasteiger partial charge in [-0.25, -0.2) is 4.68 Å². The maximum Gasteiger partial charge on any atom is 0.268 e. The summed E-state index contributed by atoms with van der Waals surface area (Å²) in [5, 5.41) is 12.8. The summed E-state index contributed by atoms with van der Waals surface area (Å²) in [7, 11) is 0. The lowest BCUT2D eigenvalue weighted by Gasteiger charge is -2.32. The second kappa shape index (κ2) is 7.40. The molecule has 6 nitrogen and oxygen atoms in total. The fourth-order valence-corrected chi connectivity index (χ4v) is 2.51. The van der Waals surface area contributed by atoms with Gasteiger partial charge in [0.15, 0.2) is 0 Å². The molecular weight excluding hydrogens is 258 g/mol. The molecule has 1 atom stereocenters. The molecule has 0 amide bonds. The van der Waals surface area contributed by atoms with E-state index in [0.29, 0.717) is 25.7 Å². The van der Waals surface area contributed by atoms with Crippen molar-refractivity contribution in [3.8, 4) is 0 Å². The molecule has 20 heavy (non-hydrogen) atoms. The minimum atomic E-state index is -0.103. The number of rotatable bonds is 6. The van der Waals surface area contributed by atoms with E-state index in [1.165, 1.54) is 17.5 Å². The molecule has 1 aromatic rings. The van der Waals surface area contributed by atoms with Gasteiger partial charge in [-0.3, -0.25) is 4.79 Å². The zero-order chi connectivity index (χ0) is 14.4. The first-order chi connectivity index (χ1) is 9.70. The molecule has 1 N–H and O–H groups in total. The van der Waals surface area contributed by atoms with Gasteiger partial charge < -0.3 is 14.7 Å². The molecule has 2 rings (SSSR count). The summed E-state index contributed by atoms with van der Waals surface area (Å²) in [4.78, 5) is 14.2. The number of piperidine rings is 1. The summed E-state index contributed by atoms with van der Waals surface area (Å²) in [6, 6.07) is 1.65. The van der Waals surface area contributed by atoms with Gasteiger partial charge in [0.05, 0.1) is 38.2 Å². The highest BCUT2D eigenvalue weighted by atomic mass is 16.5. The van der Waals surface area contributed by atoms with Crippen LogP contribution >= 0.6 is 0 Å². The van der Waals surface area contributed by atoms with Crippen LogP contribution in [0.5, 0.6) is 0 Å². The van der Waals surface area contributed by atoms with Gasteiger partial charge in [-0.05, 0) is 18.8 Å². The zero-order valence-electron chi connectivity index (χ0n) is 12.0. The first kappa shape index (κ1) is 15.0. The third-order valence-corrected chi connectivity index (χ3v) is 3.56. The molecule has 0 saturated carbocycles. The molecule has 0 radical (unpaired) electrons. The van der Waals surface area contributed by atoms with Gasteiger partial charge in [0, 0.05) is 19.2 Å². The molecule has 1 aromatic heterocycles. The van der Waals surface area contributed by atoms with Crippen LogP contribution in [0.25, 0.3) is 0 Å². The monoisotopic (exact) mass is 281 g/mol. The lowest BCUT2D eigenvalue weighted by molar-refractivity contribution is 0.0847. The first-order valence-corrected chi connectivity index (χ1v) is 7.21. The first-order valence-electron chi connectivity index (χ1n) is 7.21. The van der Waals surface area contributed by atoms with Crippen molar-refractivity contribution in [2.24, 2.45) is 5.92 Å². The van der Waals surface area contributed by atoms with Crippen molar-refractivity contribution in [1.29, 1.82) is 0 Å². The quantitative estimate of drug-likeness (QED) is 0.769. The Kier molecular flexibility index (Phi) is 5.55. The average molecular weight is 281 g/mol. The van der Waals surface area contributed by atoms with E-state index in [0.717, 1.165) is 18.8 Å². The Labute approximate surface area is 119 Å². The van der Waals surface area contributed by atoms with Crippen molar-refractivity contribution in [2.75, 3.05) is 37.8 Å². The number of aliphatic hydroxyl groups is 1. The van der Waals surface area contributed by atoms with Crippen molar-refractivity contribution in [1.82, 2.24) is 9.78 Å². The lowest BCUT2D eigenvalue weighted by Crippen LogP contribution is -2.36. The molecule has 1 aliphatic heterocycles. The average Bonchev–Trinajstić information content (AvgIpc) is 2.45. The summed E-state index contributed by atoms with van der Waals surface area (Å²) >= 11 is 0. The van der Waals surface area contributed by atoms with E-state index in [4.69, 9.17) is 9.84 Å². The summed E-state index contributed by atoms with van der Waals surface area (Å²) < 4.78 is 6.54. The van der Waals surface area contributed by atoms with Gasteiger partial charge in [-0.1, -0.05) is 6.92 Å². The van der Waals surface area contributed by atoms with Crippen molar-refractivity contribution in [3.05, 3.63) is 22.6 Å². The minimum Gasteiger partial charge on any atom is -0.394 e. The molecule has 0 bridgehead atoms. The molecule has 1 aliphatic rings. The predicted octanol–water partition coefficient (Wildman–Crippen LogP) is 0.488. The van der Waals surface area contributed by atoms with Crippen molar-refractivity contribution in [3.63, 3.8) is 0 Å². The van der Waals surface area contributed by atoms with E-state index in [1.54, 1.807) is 12.3 Å². The Hall–Kier alpha value is -1.40.